The van der Waals surface area contributed by atoms with Gasteiger partial charge in [-0.15, -0.1) is 5.10 Å². The van der Waals surface area contributed by atoms with E-state index in [0.29, 0.717) is 69.8 Å². The Balaban J connectivity index is 1.62. The molecule has 222 valence electrons. The number of aryl methyl sites for hydroxylation is 1. The number of nitrogens with zero attached hydrogens (tertiary/aromatic N) is 3. The summed E-state index contributed by atoms with van der Waals surface area (Å²) in [6.45, 7) is 6.15. The van der Waals surface area contributed by atoms with E-state index in [1.165, 1.54) is 10.7 Å². The van der Waals surface area contributed by atoms with Gasteiger partial charge in [0, 0.05) is 23.7 Å². The minimum absolute atomic E-state index is 0.126. The Kier molecular flexibility index (Phi) is 8.36. The third-order valence-corrected chi connectivity index (χ3v) is 8.33. The summed E-state index contributed by atoms with van der Waals surface area (Å²) in [5.41, 5.74) is 0.121. The van der Waals surface area contributed by atoms with Gasteiger partial charge in [-0.05, 0) is 69.0 Å². The SMILES string of the molecule is C=C(Cn1nc(C2=CCOCC2)n(C)[nH]c2c(c1=O)C1(CCNCC1)CCC2F)Nc1ccc(C(F)(F)F)cc1Cl. The molecule has 0 radical (unpaired) electrons. The lowest BCUT2D eigenvalue weighted by atomic mass is 9.66. The Bertz CT molecular complexity index is 1470. The number of aromatic amines is 1. The van der Waals surface area contributed by atoms with Crippen LogP contribution in [0.2, 0.25) is 5.02 Å². The highest BCUT2D eigenvalue weighted by atomic mass is 35.5. The first-order valence-electron chi connectivity index (χ1n) is 13.6. The van der Waals surface area contributed by atoms with Gasteiger partial charge in [0.15, 0.2) is 5.82 Å². The monoisotopic (exact) mass is 596 g/mol. The third-order valence-electron chi connectivity index (χ3n) is 8.02. The number of H-pyrrole nitrogens is 1. The Labute approximate surface area is 239 Å². The van der Waals surface area contributed by atoms with Crippen molar-refractivity contribution in [3.63, 3.8) is 0 Å². The number of nitrogens with one attached hydrogen (secondary N) is 3. The summed E-state index contributed by atoms with van der Waals surface area (Å²) in [5.74, 6) is 0.436. The molecule has 3 aliphatic rings. The summed E-state index contributed by atoms with van der Waals surface area (Å²) in [6.07, 6.45) is -1.26. The van der Waals surface area contributed by atoms with Crippen molar-refractivity contribution in [3.05, 3.63) is 74.6 Å². The first-order valence-corrected chi connectivity index (χ1v) is 14.0. The zero-order valence-electron chi connectivity index (χ0n) is 22.7. The van der Waals surface area contributed by atoms with E-state index in [9.17, 15) is 18.0 Å². The average molecular weight is 597 g/mol. The molecule has 1 aromatic carbocycles. The van der Waals surface area contributed by atoms with E-state index in [1.54, 1.807) is 11.7 Å². The maximum Gasteiger partial charge on any atom is 0.416 e. The van der Waals surface area contributed by atoms with Crippen molar-refractivity contribution in [2.45, 2.75) is 56.4 Å². The maximum absolute atomic E-state index is 15.6. The molecule has 41 heavy (non-hydrogen) atoms. The summed E-state index contributed by atoms with van der Waals surface area (Å²) in [5, 5.41) is 14.0. The third kappa shape index (κ3) is 6.09. The zero-order valence-corrected chi connectivity index (χ0v) is 23.5. The number of rotatable bonds is 5. The lowest BCUT2D eigenvalue weighted by Gasteiger charge is -2.42. The number of hydrogen-bond donors (Lipinski definition) is 3. The predicted octanol–water partition coefficient (Wildman–Crippen LogP) is 5.56. The molecule has 1 saturated heterocycles. The molecule has 2 aromatic rings. The fraction of sp³-hybridized carbons (Fsp3) is 0.500. The minimum Gasteiger partial charge on any atom is -0.377 e. The molecule has 1 atom stereocenters. The van der Waals surface area contributed by atoms with Crippen molar-refractivity contribution < 1.29 is 22.3 Å². The second-order valence-corrected chi connectivity index (χ2v) is 11.2. The van der Waals surface area contributed by atoms with Crippen molar-refractivity contribution in [2.75, 3.05) is 31.6 Å². The molecule has 2 aliphatic heterocycles. The number of fused-ring (bicyclic) bond motifs is 2. The number of hydrogen-bond acceptors (Lipinski definition) is 5. The van der Waals surface area contributed by atoms with Gasteiger partial charge in [0.25, 0.3) is 5.56 Å². The number of piperidine rings is 1. The van der Waals surface area contributed by atoms with Crippen molar-refractivity contribution >= 4 is 22.9 Å². The Morgan fingerprint density at radius 3 is 2.71 bits per heavy atom. The molecule has 3 N–H and O–H groups in total. The largest absolute Gasteiger partial charge is 0.416 e. The van der Waals surface area contributed by atoms with Gasteiger partial charge in [-0.3, -0.25) is 14.6 Å². The van der Waals surface area contributed by atoms with E-state index < -0.39 is 28.9 Å². The Hall–Kier alpha value is -3.09. The number of halogens is 5. The summed E-state index contributed by atoms with van der Waals surface area (Å²) in [7, 11) is 1.74. The second kappa shape index (κ2) is 11.7. The van der Waals surface area contributed by atoms with Crippen LogP contribution in [0.4, 0.5) is 23.2 Å². The van der Waals surface area contributed by atoms with Crippen LogP contribution in [0.3, 0.4) is 0 Å². The molecule has 13 heteroatoms. The van der Waals surface area contributed by atoms with Gasteiger partial charge in [-0.25, -0.2) is 9.07 Å². The standard InChI is InChI=1S/C28H33ClF4N6O2/c1-17(35-22-4-3-19(15-20(22)29)28(31,32)33)16-39-26(40)23-24(21(30)5-8-27(23)9-11-34-12-10-27)36-38(2)25(37-39)18-6-13-41-14-7-18/h3-4,6,15,21,34-36H,1,5,7-14,16H2,2H3. The zero-order chi connectivity index (χ0) is 29.4. The summed E-state index contributed by atoms with van der Waals surface area (Å²) in [4.78, 5) is 14.3. The van der Waals surface area contributed by atoms with Crippen molar-refractivity contribution in [1.82, 2.24) is 24.9 Å². The summed E-state index contributed by atoms with van der Waals surface area (Å²) < 4.78 is 63.3. The first kappa shape index (κ1) is 29.4. The number of anilines is 1. The lowest BCUT2D eigenvalue weighted by molar-refractivity contribution is -0.137. The fourth-order valence-electron chi connectivity index (χ4n) is 5.90. The van der Waals surface area contributed by atoms with Crippen LogP contribution in [0.1, 0.15) is 60.9 Å². The fourth-order valence-corrected chi connectivity index (χ4v) is 6.13. The van der Waals surface area contributed by atoms with Crippen LogP contribution < -0.4 is 16.2 Å². The maximum atomic E-state index is 15.6. The van der Waals surface area contributed by atoms with Gasteiger partial charge in [0.05, 0.1) is 41.7 Å². The Morgan fingerprint density at radius 2 is 2.05 bits per heavy atom. The number of ether oxygens (including phenoxy) is 1. The van der Waals surface area contributed by atoms with Crippen LogP contribution in [0.5, 0.6) is 0 Å². The molecule has 8 nitrogen and oxygen atoms in total. The van der Waals surface area contributed by atoms with Gasteiger partial charge in [-0.1, -0.05) is 24.3 Å². The van der Waals surface area contributed by atoms with Crippen molar-refractivity contribution in [2.24, 2.45) is 7.05 Å². The molecular weight excluding hydrogens is 564 g/mol. The van der Waals surface area contributed by atoms with E-state index in [1.807, 2.05) is 6.08 Å². The Morgan fingerprint density at radius 1 is 1.29 bits per heavy atom. The molecule has 1 unspecified atom stereocenters. The van der Waals surface area contributed by atoms with Crippen LogP contribution in [-0.2, 0) is 29.9 Å². The van der Waals surface area contributed by atoms with Gasteiger partial charge >= 0.3 is 6.18 Å². The highest BCUT2D eigenvalue weighted by Crippen LogP contribution is 2.45. The quantitative estimate of drug-likeness (QED) is 0.393. The second-order valence-electron chi connectivity index (χ2n) is 10.8. The van der Waals surface area contributed by atoms with Crippen molar-refractivity contribution in [1.29, 1.82) is 0 Å². The molecule has 1 fully saturated rings. The van der Waals surface area contributed by atoms with Gasteiger partial charge in [0.1, 0.15) is 6.17 Å². The van der Waals surface area contributed by atoms with Crippen LogP contribution in [0, 0.1) is 0 Å². The van der Waals surface area contributed by atoms with Gasteiger partial charge in [0.2, 0.25) is 0 Å². The molecular formula is C28H33ClF4N6O2. The normalized spacial score (nSPS) is 20.2. The van der Waals surface area contributed by atoms with Crippen LogP contribution in [0.25, 0.3) is 5.57 Å². The number of aromatic nitrogens is 4. The van der Waals surface area contributed by atoms with Gasteiger partial charge < -0.3 is 15.4 Å². The van der Waals surface area contributed by atoms with E-state index in [0.717, 1.165) is 17.7 Å². The highest BCUT2D eigenvalue weighted by Gasteiger charge is 2.44. The molecule has 0 saturated carbocycles. The number of alkyl halides is 4. The number of allylic oxidation sites excluding steroid dienone is 1. The smallest absolute Gasteiger partial charge is 0.377 e. The highest BCUT2D eigenvalue weighted by molar-refractivity contribution is 6.33. The molecule has 3 heterocycles. The van der Waals surface area contributed by atoms with Crippen LogP contribution in [0.15, 0.2) is 41.3 Å². The summed E-state index contributed by atoms with van der Waals surface area (Å²) in [6, 6.07) is 2.96. The number of benzene rings is 1. The first-order chi connectivity index (χ1) is 19.5. The van der Waals surface area contributed by atoms with Crippen molar-refractivity contribution in [3.8, 4) is 0 Å². The molecule has 1 aliphatic carbocycles. The van der Waals surface area contributed by atoms with E-state index >= 15 is 4.39 Å². The minimum atomic E-state index is -4.54. The molecule has 5 rings (SSSR count). The van der Waals surface area contributed by atoms with Gasteiger partial charge in [-0.2, -0.15) is 13.2 Å². The van der Waals surface area contributed by atoms with E-state index in [-0.39, 0.29) is 28.6 Å². The topological polar surface area (TPSA) is 88.9 Å². The summed E-state index contributed by atoms with van der Waals surface area (Å²) >= 11 is 6.15. The molecule has 1 spiro atoms. The van der Waals surface area contributed by atoms with Crippen LogP contribution >= 0.6 is 11.6 Å². The average Bonchev–Trinajstić information content (AvgIpc) is 2.93. The van der Waals surface area contributed by atoms with Crippen LogP contribution in [-0.4, -0.2) is 45.9 Å². The lowest BCUT2D eigenvalue weighted by Crippen LogP contribution is -2.47. The molecule has 0 bridgehead atoms. The molecule has 1 aromatic heterocycles. The van der Waals surface area contributed by atoms with E-state index in [2.05, 4.69) is 22.3 Å². The molecule has 0 amide bonds. The predicted molar refractivity (Wildman–Crippen MR) is 149 cm³/mol. The van der Waals surface area contributed by atoms with E-state index in [4.69, 9.17) is 21.4 Å².